The second kappa shape index (κ2) is 10.3. The lowest BCUT2D eigenvalue weighted by atomic mass is 10.0. The van der Waals surface area contributed by atoms with Gasteiger partial charge in [-0.05, 0) is 29.3 Å². The highest BCUT2D eigenvalue weighted by molar-refractivity contribution is 6.30. The minimum Gasteiger partial charge on any atom is -0.452 e. The lowest BCUT2D eigenvalue weighted by Gasteiger charge is -2.16. The Balaban J connectivity index is 2.16. The summed E-state index contributed by atoms with van der Waals surface area (Å²) in [6, 6.07) is 16.0. The molecule has 0 aromatic heterocycles. The molecule has 0 saturated carbocycles. The molecule has 0 atom stereocenters. The van der Waals surface area contributed by atoms with Crippen molar-refractivity contribution in [3.05, 3.63) is 70.7 Å². The molecule has 0 unspecified atom stereocenters. The standard InChI is InChI=1S/C21H21ClN2O4/c1-23-19(25)13-24(2)20(26)14-28-21(27)18(12-15-6-4-3-5-7-15)16-8-10-17(22)11-9-16/h3-12H,13-14H2,1-2H3,(H,23,25)/b18-12+. The van der Waals surface area contributed by atoms with Crippen LogP contribution in [0.15, 0.2) is 54.6 Å². The number of ether oxygens (including phenoxy) is 1. The lowest BCUT2D eigenvalue weighted by Crippen LogP contribution is -2.39. The summed E-state index contributed by atoms with van der Waals surface area (Å²) in [6.07, 6.45) is 1.68. The normalized spacial score (nSPS) is 10.9. The van der Waals surface area contributed by atoms with Gasteiger partial charge in [-0.2, -0.15) is 0 Å². The summed E-state index contributed by atoms with van der Waals surface area (Å²) in [5, 5.41) is 2.97. The zero-order valence-electron chi connectivity index (χ0n) is 15.6. The highest BCUT2D eigenvalue weighted by Gasteiger charge is 2.18. The lowest BCUT2D eigenvalue weighted by molar-refractivity contribution is -0.147. The van der Waals surface area contributed by atoms with Crippen molar-refractivity contribution in [1.82, 2.24) is 10.2 Å². The van der Waals surface area contributed by atoms with Crippen LogP contribution >= 0.6 is 11.6 Å². The molecule has 0 aliphatic heterocycles. The van der Waals surface area contributed by atoms with E-state index in [0.29, 0.717) is 16.2 Å². The van der Waals surface area contributed by atoms with E-state index in [1.165, 1.54) is 19.0 Å². The average Bonchev–Trinajstić information content (AvgIpc) is 2.71. The Hall–Kier alpha value is -3.12. The third-order valence-corrected chi connectivity index (χ3v) is 4.15. The molecule has 0 aliphatic carbocycles. The number of hydrogen-bond acceptors (Lipinski definition) is 4. The molecule has 6 nitrogen and oxygen atoms in total. The van der Waals surface area contributed by atoms with Gasteiger partial charge in [0.15, 0.2) is 6.61 Å². The third kappa shape index (κ3) is 6.25. The molecular weight excluding hydrogens is 380 g/mol. The molecule has 146 valence electrons. The van der Waals surface area contributed by atoms with Gasteiger partial charge in [-0.15, -0.1) is 0 Å². The van der Waals surface area contributed by atoms with Crippen LogP contribution in [-0.2, 0) is 19.1 Å². The van der Waals surface area contributed by atoms with Crippen LogP contribution < -0.4 is 5.32 Å². The van der Waals surface area contributed by atoms with Gasteiger partial charge in [0.1, 0.15) is 0 Å². The molecule has 2 amide bonds. The van der Waals surface area contributed by atoms with Gasteiger partial charge in [-0.25, -0.2) is 4.79 Å². The number of likely N-dealkylation sites (N-methyl/N-ethyl adjacent to an activating group) is 2. The van der Waals surface area contributed by atoms with E-state index in [1.54, 1.807) is 30.3 Å². The molecule has 2 rings (SSSR count). The van der Waals surface area contributed by atoms with Crippen LogP contribution in [-0.4, -0.2) is 49.9 Å². The summed E-state index contributed by atoms with van der Waals surface area (Å²) in [6.45, 7) is -0.581. The minimum atomic E-state index is -0.645. The van der Waals surface area contributed by atoms with Gasteiger partial charge >= 0.3 is 5.97 Å². The van der Waals surface area contributed by atoms with Crippen LogP contribution in [0.25, 0.3) is 11.6 Å². The van der Waals surface area contributed by atoms with E-state index in [-0.39, 0.29) is 12.5 Å². The SMILES string of the molecule is CNC(=O)CN(C)C(=O)COC(=O)/C(=C/c1ccccc1)c1ccc(Cl)cc1. The largest absolute Gasteiger partial charge is 0.452 e. The van der Waals surface area contributed by atoms with Crippen LogP contribution in [0.2, 0.25) is 5.02 Å². The van der Waals surface area contributed by atoms with Crippen LogP contribution in [0.1, 0.15) is 11.1 Å². The number of amides is 2. The predicted molar refractivity (Wildman–Crippen MR) is 108 cm³/mol. The van der Waals surface area contributed by atoms with E-state index in [9.17, 15) is 14.4 Å². The van der Waals surface area contributed by atoms with Gasteiger partial charge < -0.3 is 15.0 Å². The van der Waals surface area contributed by atoms with Gasteiger partial charge in [-0.1, -0.05) is 54.1 Å². The number of nitrogens with one attached hydrogen (secondary N) is 1. The first-order chi connectivity index (χ1) is 13.4. The Morgan fingerprint density at radius 2 is 1.71 bits per heavy atom. The summed E-state index contributed by atoms with van der Waals surface area (Å²) in [5.74, 6) is -1.44. The van der Waals surface area contributed by atoms with E-state index in [1.807, 2.05) is 30.3 Å². The molecule has 28 heavy (non-hydrogen) atoms. The smallest absolute Gasteiger partial charge is 0.339 e. The van der Waals surface area contributed by atoms with E-state index in [2.05, 4.69) is 5.32 Å². The number of benzene rings is 2. The molecule has 0 heterocycles. The Kier molecular flexibility index (Phi) is 7.77. The molecular formula is C21H21ClN2O4. The van der Waals surface area contributed by atoms with Crippen molar-refractivity contribution in [2.24, 2.45) is 0 Å². The van der Waals surface area contributed by atoms with Crippen molar-refractivity contribution in [3.8, 4) is 0 Å². The predicted octanol–water partition coefficient (Wildman–Crippen LogP) is 2.63. The van der Waals surface area contributed by atoms with E-state index >= 15 is 0 Å². The number of hydrogen-bond donors (Lipinski definition) is 1. The maximum absolute atomic E-state index is 12.7. The maximum Gasteiger partial charge on any atom is 0.339 e. The molecule has 1 N–H and O–H groups in total. The monoisotopic (exact) mass is 400 g/mol. The fourth-order valence-electron chi connectivity index (χ4n) is 2.30. The molecule has 0 spiro atoms. The quantitative estimate of drug-likeness (QED) is 0.440. The van der Waals surface area contributed by atoms with Crippen molar-refractivity contribution >= 4 is 41.0 Å². The van der Waals surface area contributed by atoms with Crippen molar-refractivity contribution in [2.75, 3.05) is 27.2 Å². The van der Waals surface area contributed by atoms with Gasteiger partial charge in [-0.3, -0.25) is 9.59 Å². The first-order valence-corrected chi connectivity index (χ1v) is 8.93. The Bertz CT molecular complexity index is 864. The topological polar surface area (TPSA) is 75.7 Å². The molecule has 0 fully saturated rings. The zero-order valence-corrected chi connectivity index (χ0v) is 16.4. The minimum absolute atomic E-state index is 0.114. The first kappa shape index (κ1) is 21.2. The van der Waals surface area contributed by atoms with E-state index in [0.717, 1.165) is 5.56 Å². The number of carbonyl (C=O) groups is 3. The van der Waals surface area contributed by atoms with Crippen molar-refractivity contribution < 1.29 is 19.1 Å². The Morgan fingerprint density at radius 1 is 1.07 bits per heavy atom. The second-order valence-corrected chi connectivity index (χ2v) is 6.41. The van der Waals surface area contributed by atoms with E-state index < -0.39 is 18.5 Å². The molecule has 2 aromatic carbocycles. The number of nitrogens with zero attached hydrogens (tertiary/aromatic N) is 1. The summed E-state index contributed by atoms with van der Waals surface area (Å²) in [4.78, 5) is 37.3. The second-order valence-electron chi connectivity index (χ2n) is 5.97. The third-order valence-electron chi connectivity index (χ3n) is 3.90. The fourth-order valence-corrected chi connectivity index (χ4v) is 2.43. The molecule has 0 bridgehead atoms. The number of halogens is 1. The number of esters is 1. The first-order valence-electron chi connectivity index (χ1n) is 8.55. The maximum atomic E-state index is 12.7. The van der Waals surface area contributed by atoms with Crippen LogP contribution in [0.5, 0.6) is 0 Å². The summed E-state index contributed by atoms with van der Waals surface area (Å²) in [5.41, 5.74) is 1.72. The fraction of sp³-hybridized carbons (Fsp3) is 0.190. The number of carbonyl (C=O) groups excluding carboxylic acids is 3. The summed E-state index contributed by atoms with van der Waals surface area (Å²) in [7, 11) is 2.94. The van der Waals surface area contributed by atoms with Crippen LogP contribution in [0.3, 0.4) is 0 Å². The van der Waals surface area contributed by atoms with Crippen LogP contribution in [0, 0.1) is 0 Å². The van der Waals surface area contributed by atoms with Crippen molar-refractivity contribution in [2.45, 2.75) is 0 Å². The molecule has 0 radical (unpaired) electrons. The van der Waals surface area contributed by atoms with Crippen molar-refractivity contribution in [3.63, 3.8) is 0 Å². The highest BCUT2D eigenvalue weighted by atomic mass is 35.5. The summed E-state index contributed by atoms with van der Waals surface area (Å²) < 4.78 is 5.20. The van der Waals surface area contributed by atoms with Gasteiger partial charge in [0, 0.05) is 19.1 Å². The average molecular weight is 401 g/mol. The zero-order chi connectivity index (χ0) is 20.5. The summed E-state index contributed by atoms with van der Waals surface area (Å²) >= 11 is 5.93. The van der Waals surface area contributed by atoms with E-state index in [4.69, 9.17) is 16.3 Å². The van der Waals surface area contributed by atoms with Crippen LogP contribution in [0.4, 0.5) is 0 Å². The Morgan fingerprint density at radius 3 is 2.32 bits per heavy atom. The van der Waals surface area contributed by atoms with Crippen molar-refractivity contribution in [1.29, 1.82) is 0 Å². The molecule has 0 saturated heterocycles. The molecule has 7 heteroatoms. The van der Waals surface area contributed by atoms with Gasteiger partial charge in [0.05, 0.1) is 12.1 Å². The highest BCUT2D eigenvalue weighted by Crippen LogP contribution is 2.22. The Labute approximate surface area is 168 Å². The number of rotatable bonds is 7. The van der Waals surface area contributed by atoms with Gasteiger partial charge in [0.2, 0.25) is 5.91 Å². The molecule has 2 aromatic rings. The molecule has 0 aliphatic rings. The van der Waals surface area contributed by atoms with Gasteiger partial charge in [0.25, 0.3) is 5.91 Å².